The average molecular weight is 448 g/mol. The van der Waals surface area contributed by atoms with Crippen molar-refractivity contribution in [2.45, 2.75) is 32.4 Å². The van der Waals surface area contributed by atoms with E-state index >= 15 is 0 Å². The highest BCUT2D eigenvalue weighted by molar-refractivity contribution is 6.29. The fourth-order valence-corrected chi connectivity index (χ4v) is 3.85. The number of Topliss-reactive ketones (excluding diaryl/α,β-unsaturated/α-hetero) is 2. The monoisotopic (exact) mass is 447 g/mol. The van der Waals surface area contributed by atoms with Crippen LogP contribution in [0.2, 0.25) is 0 Å². The third kappa shape index (κ3) is 3.78. The van der Waals surface area contributed by atoms with E-state index in [0.717, 1.165) is 16.9 Å². The summed E-state index contributed by atoms with van der Waals surface area (Å²) in [6.07, 6.45) is 1.75. The maximum atomic E-state index is 12.7. The Morgan fingerprint density at radius 1 is 1.03 bits per heavy atom. The number of nitrogens with zero attached hydrogens (tertiary/aromatic N) is 2. The zero-order valence-corrected chi connectivity index (χ0v) is 18.5. The number of imidazole rings is 1. The summed E-state index contributed by atoms with van der Waals surface area (Å²) in [6, 6.07) is 17.5. The van der Waals surface area contributed by atoms with Gasteiger partial charge < -0.3 is 9.72 Å². The summed E-state index contributed by atoms with van der Waals surface area (Å²) in [5.74, 6) is 1.06. The van der Waals surface area contributed by atoms with E-state index in [0.29, 0.717) is 35.0 Å². The Hall–Kier alpha value is -3.51. The molecule has 2 aromatic carbocycles. The fraction of sp³-hybridized carbons (Fsp3) is 0.200. The van der Waals surface area contributed by atoms with Crippen LogP contribution in [0.25, 0.3) is 17.0 Å². The van der Waals surface area contributed by atoms with E-state index in [2.05, 4.69) is 15.0 Å². The standard InChI is InChI=1S/C25H21N3O3.ClH/c1-25(2)23(30)18-12-20(29)22-21(19(18)13-26-25)27-24(28-22)16-8-10-17(11-9-16)31-14-15-6-4-3-5-7-15;/h3-11,13H,12,14H2,1-2H3,(H,27,28);1H. The van der Waals surface area contributed by atoms with Crippen LogP contribution in [-0.4, -0.2) is 33.3 Å². The number of rotatable bonds is 4. The van der Waals surface area contributed by atoms with Crippen LogP contribution in [0.5, 0.6) is 5.75 Å². The Morgan fingerprint density at radius 3 is 2.47 bits per heavy atom. The van der Waals surface area contributed by atoms with E-state index in [4.69, 9.17) is 4.74 Å². The molecule has 1 N–H and O–H groups in total. The molecule has 0 fully saturated rings. The van der Waals surface area contributed by atoms with Gasteiger partial charge in [-0.2, -0.15) is 0 Å². The van der Waals surface area contributed by atoms with Gasteiger partial charge >= 0.3 is 0 Å². The largest absolute Gasteiger partial charge is 0.489 e. The molecule has 162 valence electrons. The zero-order valence-electron chi connectivity index (χ0n) is 17.7. The average Bonchev–Trinajstić information content (AvgIpc) is 3.23. The molecule has 32 heavy (non-hydrogen) atoms. The molecular formula is C25H22ClN3O3. The van der Waals surface area contributed by atoms with Crippen LogP contribution in [0, 0.1) is 0 Å². The molecule has 1 aliphatic carbocycles. The highest BCUT2D eigenvalue weighted by Gasteiger charge is 2.39. The molecule has 5 rings (SSSR count). The Balaban J connectivity index is 0.00000245. The van der Waals surface area contributed by atoms with Gasteiger partial charge in [0.05, 0.1) is 5.69 Å². The van der Waals surface area contributed by atoms with Gasteiger partial charge in [-0.3, -0.25) is 14.6 Å². The minimum atomic E-state index is -0.838. The molecule has 2 heterocycles. The van der Waals surface area contributed by atoms with E-state index < -0.39 is 5.54 Å². The molecule has 0 atom stereocenters. The van der Waals surface area contributed by atoms with Gasteiger partial charge in [0.1, 0.15) is 29.4 Å². The predicted octanol–water partition coefficient (Wildman–Crippen LogP) is 4.85. The molecule has 0 radical (unpaired) electrons. The van der Waals surface area contributed by atoms with Crippen molar-refractivity contribution in [3.05, 3.63) is 77.1 Å². The quantitative estimate of drug-likeness (QED) is 0.619. The van der Waals surface area contributed by atoms with Crippen LogP contribution in [0.1, 0.15) is 42.0 Å². The highest BCUT2D eigenvalue weighted by Crippen LogP contribution is 2.36. The highest BCUT2D eigenvalue weighted by atomic mass is 35.5. The Kier molecular flexibility index (Phi) is 5.57. The first-order chi connectivity index (χ1) is 14.9. The molecule has 1 aromatic heterocycles. The molecule has 7 heteroatoms. The van der Waals surface area contributed by atoms with Crippen LogP contribution < -0.4 is 4.74 Å². The first-order valence-corrected chi connectivity index (χ1v) is 10.2. The van der Waals surface area contributed by atoms with Crippen molar-refractivity contribution < 1.29 is 14.3 Å². The molecule has 1 aliphatic heterocycles. The third-order valence-corrected chi connectivity index (χ3v) is 5.62. The number of hydrogen-bond donors (Lipinski definition) is 1. The molecular weight excluding hydrogens is 426 g/mol. The van der Waals surface area contributed by atoms with E-state index in [1.54, 1.807) is 20.1 Å². The molecule has 0 saturated carbocycles. The van der Waals surface area contributed by atoms with Crippen LogP contribution in [-0.2, 0) is 11.4 Å². The van der Waals surface area contributed by atoms with Gasteiger partial charge in [-0.15, -0.1) is 12.4 Å². The van der Waals surface area contributed by atoms with Crippen LogP contribution >= 0.6 is 12.4 Å². The number of benzene rings is 2. The van der Waals surface area contributed by atoms with Crippen LogP contribution in [0.3, 0.4) is 0 Å². The van der Waals surface area contributed by atoms with E-state index in [9.17, 15) is 9.59 Å². The molecule has 6 nitrogen and oxygen atoms in total. The number of aromatic nitrogens is 2. The van der Waals surface area contributed by atoms with Gasteiger partial charge in [0, 0.05) is 29.3 Å². The number of H-pyrrole nitrogens is 1. The molecule has 0 amide bonds. The van der Waals surface area contributed by atoms with Crippen molar-refractivity contribution in [1.29, 1.82) is 0 Å². The summed E-state index contributed by atoms with van der Waals surface area (Å²) in [5.41, 5.74) is 3.19. The van der Waals surface area contributed by atoms with Crippen molar-refractivity contribution in [3.8, 4) is 17.1 Å². The lowest BCUT2D eigenvalue weighted by Gasteiger charge is -2.27. The summed E-state index contributed by atoms with van der Waals surface area (Å²) in [6.45, 7) is 4.01. The molecule has 0 spiro atoms. The van der Waals surface area contributed by atoms with Crippen LogP contribution in [0.15, 0.2) is 65.2 Å². The third-order valence-electron chi connectivity index (χ3n) is 5.62. The smallest absolute Gasteiger partial charge is 0.187 e. The van der Waals surface area contributed by atoms with Gasteiger partial charge in [-0.1, -0.05) is 30.3 Å². The first-order valence-electron chi connectivity index (χ1n) is 10.2. The molecule has 0 saturated heterocycles. The predicted molar refractivity (Wildman–Crippen MR) is 125 cm³/mol. The Labute approximate surface area is 191 Å². The maximum absolute atomic E-state index is 12.7. The number of allylic oxidation sites excluding steroid dienone is 1. The van der Waals surface area contributed by atoms with Gasteiger partial charge in [-0.25, -0.2) is 4.98 Å². The van der Waals surface area contributed by atoms with Gasteiger partial charge in [0.2, 0.25) is 0 Å². The first kappa shape index (κ1) is 21.7. The second-order valence-electron chi connectivity index (χ2n) is 8.25. The summed E-state index contributed by atoms with van der Waals surface area (Å²) in [7, 11) is 0. The zero-order chi connectivity index (χ0) is 21.6. The SMILES string of the molecule is CC1(C)N=CC2=C(CC(=O)c3nc(-c4ccc(OCc5ccccc5)cc4)[nH]c32)C1=O.Cl. The summed E-state index contributed by atoms with van der Waals surface area (Å²) < 4.78 is 5.84. The second-order valence-corrected chi connectivity index (χ2v) is 8.25. The van der Waals surface area contributed by atoms with Gasteiger partial charge in [0.25, 0.3) is 0 Å². The number of dihydropyridines is 1. The lowest BCUT2D eigenvalue weighted by atomic mass is 9.81. The van der Waals surface area contributed by atoms with Crippen LogP contribution in [0.4, 0.5) is 0 Å². The van der Waals surface area contributed by atoms with Gasteiger partial charge in [0.15, 0.2) is 11.6 Å². The number of nitrogens with one attached hydrogen (secondary N) is 1. The lowest BCUT2D eigenvalue weighted by molar-refractivity contribution is -0.119. The number of aromatic amines is 1. The van der Waals surface area contributed by atoms with Crippen molar-refractivity contribution in [2.75, 3.05) is 0 Å². The van der Waals surface area contributed by atoms with Crippen molar-refractivity contribution in [2.24, 2.45) is 4.99 Å². The maximum Gasteiger partial charge on any atom is 0.187 e. The van der Waals surface area contributed by atoms with E-state index in [-0.39, 0.29) is 30.4 Å². The van der Waals surface area contributed by atoms with Crippen molar-refractivity contribution in [1.82, 2.24) is 9.97 Å². The number of hydrogen-bond acceptors (Lipinski definition) is 5. The molecule has 0 unspecified atom stereocenters. The van der Waals surface area contributed by atoms with Crippen molar-refractivity contribution in [3.63, 3.8) is 0 Å². The summed E-state index contributed by atoms with van der Waals surface area (Å²) >= 11 is 0. The summed E-state index contributed by atoms with van der Waals surface area (Å²) in [4.78, 5) is 37.6. The normalized spacial score (nSPS) is 16.3. The lowest BCUT2D eigenvalue weighted by Crippen LogP contribution is -2.36. The number of carbonyl (C=O) groups excluding carboxylic acids is 2. The number of carbonyl (C=O) groups is 2. The summed E-state index contributed by atoms with van der Waals surface area (Å²) in [5, 5.41) is 0. The Morgan fingerprint density at radius 2 is 1.75 bits per heavy atom. The number of halogens is 1. The van der Waals surface area contributed by atoms with E-state index in [1.165, 1.54) is 0 Å². The minimum Gasteiger partial charge on any atom is -0.489 e. The molecule has 0 bridgehead atoms. The molecule has 3 aromatic rings. The number of aliphatic imine (C=N–C) groups is 1. The van der Waals surface area contributed by atoms with Gasteiger partial charge in [-0.05, 0) is 43.7 Å². The number of ether oxygens (including phenoxy) is 1. The topological polar surface area (TPSA) is 84.4 Å². The number of fused-ring (bicyclic) bond motifs is 2. The second kappa shape index (κ2) is 8.20. The number of ketones is 2. The fourth-order valence-electron chi connectivity index (χ4n) is 3.85. The minimum absolute atomic E-state index is 0. The Bertz CT molecular complexity index is 1260. The molecule has 2 aliphatic rings. The van der Waals surface area contributed by atoms with E-state index in [1.807, 2.05) is 54.6 Å². The van der Waals surface area contributed by atoms with Crippen molar-refractivity contribution >= 4 is 35.8 Å².